The smallest absolute Gasteiger partial charge is 0.236 e. The van der Waals surface area contributed by atoms with E-state index in [2.05, 4.69) is 64.3 Å². The van der Waals surface area contributed by atoms with Crippen LogP contribution in [0.5, 0.6) is 0 Å². The van der Waals surface area contributed by atoms with Gasteiger partial charge in [0.25, 0.3) is 0 Å². The van der Waals surface area contributed by atoms with Crippen molar-refractivity contribution >= 4 is 10.9 Å². The van der Waals surface area contributed by atoms with Gasteiger partial charge in [0.1, 0.15) is 6.54 Å². The molecule has 1 fully saturated rings. The van der Waals surface area contributed by atoms with Crippen LogP contribution in [0.3, 0.4) is 0 Å². The van der Waals surface area contributed by atoms with Crippen molar-refractivity contribution in [3.05, 3.63) is 83.7 Å². The summed E-state index contributed by atoms with van der Waals surface area (Å²) in [6.45, 7) is 3.41. The second kappa shape index (κ2) is 6.67. The van der Waals surface area contributed by atoms with Crippen molar-refractivity contribution in [2.24, 2.45) is 0 Å². The van der Waals surface area contributed by atoms with Crippen LogP contribution in [0.25, 0.3) is 10.9 Å². The normalized spacial score (nSPS) is 19.7. The van der Waals surface area contributed by atoms with Crippen LogP contribution in [0.15, 0.2) is 65.2 Å². The molecule has 5 rings (SSSR count). The molecule has 0 N–H and O–H groups in total. The first-order valence-electron chi connectivity index (χ1n) is 9.33. The predicted octanol–water partition coefficient (Wildman–Crippen LogP) is 4.63. The van der Waals surface area contributed by atoms with E-state index >= 15 is 0 Å². The fourth-order valence-electron chi connectivity index (χ4n) is 4.00. The van der Waals surface area contributed by atoms with Gasteiger partial charge in [0.05, 0.1) is 12.0 Å². The van der Waals surface area contributed by atoms with Crippen molar-refractivity contribution in [3.8, 4) is 0 Å². The number of hydrogen-bond donors (Lipinski definition) is 0. The summed E-state index contributed by atoms with van der Waals surface area (Å²) >= 11 is 0. The van der Waals surface area contributed by atoms with Crippen LogP contribution < -0.4 is 0 Å². The lowest BCUT2D eigenvalue weighted by atomic mass is 9.95. The summed E-state index contributed by atoms with van der Waals surface area (Å²) in [5.74, 6) is 1.41. The van der Waals surface area contributed by atoms with Crippen molar-refractivity contribution in [1.29, 1.82) is 0 Å². The van der Waals surface area contributed by atoms with E-state index in [9.17, 15) is 0 Å². The highest BCUT2D eigenvalue weighted by atomic mass is 16.5. The lowest BCUT2D eigenvalue weighted by Gasteiger charge is -2.15. The number of para-hydroxylation sites is 1. The van der Waals surface area contributed by atoms with E-state index in [4.69, 9.17) is 9.15 Å². The second-order valence-corrected chi connectivity index (χ2v) is 7.09. The maximum Gasteiger partial charge on any atom is 0.236 e. The first-order chi connectivity index (χ1) is 13.3. The molecule has 4 aromatic rings. The fraction of sp³-hybridized carbons (Fsp3) is 0.273. The third-order valence-corrected chi connectivity index (χ3v) is 5.31. The van der Waals surface area contributed by atoms with E-state index in [0.717, 1.165) is 12.0 Å². The molecule has 5 nitrogen and oxygen atoms in total. The minimum atomic E-state index is -0.0193. The molecule has 0 spiro atoms. The van der Waals surface area contributed by atoms with E-state index < -0.39 is 0 Å². The van der Waals surface area contributed by atoms with E-state index in [0.29, 0.717) is 24.9 Å². The van der Waals surface area contributed by atoms with Gasteiger partial charge in [-0.1, -0.05) is 48.5 Å². The Morgan fingerprint density at radius 2 is 1.85 bits per heavy atom. The minimum absolute atomic E-state index is 0.0193. The lowest BCUT2D eigenvalue weighted by molar-refractivity contribution is 0.0996. The third kappa shape index (κ3) is 2.94. The number of rotatable bonds is 4. The molecule has 0 aliphatic carbocycles. The van der Waals surface area contributed by atoms with E-state index in [-0.39, 0.29) is 12.0 Å². The maximum absolute atomic E-state index is 6.06. The lowest BCUT2D eigenvalue weighted by Crippen LogP contribution is -2.06. The van der Waals surface area contributed by atoms with Gasteiger partial charge >= 0.3 is 0 Å². The van der Waals surface area contributed by atoms with Crippen LogP contribution in [0.2, 0.25) is 0 Å². The molecule has 1 aliphatic rings. The van der Waals surface area contributed by atoms with Crippen LogP contribution in [0, 0.1) is 6.92 Å². The Labute approximate surface area is 157 Å². The Kier molecular flexibility index (Phi) is 4.02. The van der Waals surface area contributed by atoms with E-state index in [1.54, 1.807) is 0 Å². The highest BCUT2D eigenvalue weighted by Gasteiger charge is 2.34. The molecule has 27 heavy (non-hydrogen) atoms. The first kappa shape index (κ1) is 16.3. The molecule has 136 valence electrons. The minimum Gasteiger partial charge on any atom is -0.423 e. The monoisotopic (exact) mass is 359 g/mol. The quantitative estimate of drug-likeness (QED) is 0.533. The maximum atomic E-state index is 6.06. The van der Waals surface area contributed by atoms with Crippen LogP contribution in [0.4, 0.5) is 0 Å². The number of nitrogens with zero attached hydrogens (tertiary/aromatic N) is 3. The Balaban J connectivity index is 1.41. The topological polar surface area (TPSA) is 53.1 Å². The Bertz CT molecular complexity index is 1070. The van der Waals surface area contributed by atoms with Gasteiger partial charge in [0, 0.05) is 23.7 Å². The molecule has 0 radical (unpaired) electrons. The summed E-state index contributed by atoms with van der Waals surface area (Å²) < 4.78 is 14.2. The molecule has 1 aliphatic heterocycles. The summed E-state index contributed by atoms with van der Waals surface area (Å²) in [4.78, 5) is 0. The van der Waals surface area contributed by atoms with Crippen LogP contribution in [-0.2, 0) is 11.3 Å². The predicted molar refractivity (Wildman–Crippen MR) is 103 cm³/mol. The van der Waals surface area contributed by atoms with Gasteiger partial charge in [-0.2, -0.15) is 0 Å². The molecule has 0 saturated carbocycles. The summed E-state index contributed by atoms with van der Waals surface area (Å²) in [5.41, 5.74) is 3.59. The highest BCUT2D eigenvalue weighted by Crippen LogP contribution is 2.41. The molecule has 5 heteroatoms. The van der Waals surface area contributed by atoms with Gasteiger partial charge in [-0.25, -0.2) is 0 Å². The average Bonchev–Trinajstić information content (AvgIpc) is 3.43. The number of ether oxygens (including phenoxy) is 1. The van der Waals surface area contributed by atoms with Crippen LogP contribution in [-0.4, -0.2) is 21.4 Å². The molecule has 3 heterocycles. The number of aryl methyl sites for hydroxylation is 1. The molecule has 0 bridgehead atoms. The Morgan fingerprint density at radius 1 is 1.04 bits per heavy atom. The zero-order valence-corrected chi connectivity index (χ0v) is 15.2. The summed E-state index contributed by atoms with van der Waals surface area (Å²) in [6.07, 6.45) is 3.02. The molecule has 2 aromatic carbocycles. The molecule has 2 atom stereocenters. The Hall–Kier alpha value is -2.92. The number of aromatic nitrogens is 3. The largest absolute Gasteiger partial charge is 0.423 e. The summed E-state index contributed by atoms with van der Waals surface area (Å²) in [5, 5.41) is 9.91. The van der Waals surface area contributed by atoms with Crippen molar-refractivity contribution in [2.75, 3.05) is 6.61 Å². The zero-order valence-electron chi connectivity index (χ0n) is 15.2. The molecular weight excluding hydrogens is 338 g/mol. The van der Waals surface area contributed by atoms with Gasteiger partial charge in [-0.15, -0.1) is 10.2 Å². The standard InChI is InChI=1S/C22H21N3O2/c1-15-13-25(19-10-6-5-9-17(15)19)14-20-23-24-22(27-20)18-11-12-26-21(18)16-7-3-2-4-8-16/h2-10,13,18,21H,11-12,14H2,1H3/t18-,21+/m1/s1. The average molecular weight is 359 g/mol. The molecule has 0 unspecified atom stereocenters. The van der Waals surface area contributed by atoms with Crippen LogP contribution in [0.1, 0.15) is 41.4 Å². The van der Waals surface area contributed by atoms with Crippen molar-refractivity contribution in [2.45, 2.75) is 31.9 Å². The van der Waals surface area contributed by atoms with Gasteiger partial charge in [-0.05, 0) is 30.5 Å². The van der Waals surface area contributed by atoms with Crippen LogP contribution >= 0.6 is 0 Å². The van der Waals surface area contributed by atoms with E-state index in [1.807, 2.05) is 18.2 Å². The summed E-state index contributed by atoms with van der Waals surface area (Å²) in [7, 11) is 0. The van der Waals surface area contributed by atoms with Gasteiger partial charge < -0.3 is 13.7 Å². The third-order valence-electron chi connectivity index (χ3n) is 5.31. The number of hydrogen-bond acceptors (Lipinski definition) is 4. The van der Waals surface area contributed by atoms with Gasteiger partial charge in [-0.3, -0.25) is 0 Å². The van der Waals surface area contributed by atoms with Gasteiger partial charge in [0.2, 0.25) is 11.8 Å². The molecule has 0 amide bonds. The second-order valence-electron chi connectivity index (χ2n) is 7.09. The summed E-state index contributed by atoms with van der Waals surface area (Å²) in [6, 6.07) is 18.6. The van der Waals surface area contributed by atoms with Gasteiger partial charge in [0.15, 0.2) is 0 Å². The van der Waals surface area contributed by atoms with Crippen molar-refractivity contribution in [1.82, 2.24) is 14.8 Å². The number of fused-ring (bicyclic) bond motifs is 1. The molecule has 2 aromatic heterocycles. The molecular formula is C22H21N3O2. The number of benzene rings is 2. The van der Waals surface area contributed by atoms with Crippen molar-refractivity contribution < 1.29 is 9.15 Å². The Morgan fingerprint density at radius 3 is 2.74 bits per heavy atom. The van der Waals surface area contributed by atoms with E-state index in [1.165, 1.54) is 16.5 Å². The fourth-order valence-corrected chi connectivity index (χ4v) is 4.00. The first-order valence-corrected chi connectivity index (χ1v) is 9.33. The SMILES string of the molecule is Cc1cn(Cc2nnc([C@@H]3CCO[C@H]3c3ccccc3)o2)c2ccccc12. The van der Waals surface area contributed by atoms with Crippen molar-refractivity contribution in [3.63, 3.8) is 0 Å². The zero-order chi connectivity index (χ0) is 18.2. The molecule has 1 saturated heterocycles. The highest BCUT2D eigenvalue weighted by molar-refractivity contribution is 5.83.